The summed E-state index contributed by atoms with van der Waals surface area (Å²) in [7, 11) is 1.62. The lowest BCUT2D eigenvalue weighted by Crippen LogP contribution is -2.41. The highest BCUT2D eigenvalue weighted by atomic mass is 19.1. The second kappa shape index (κ2) is 7.79. The van der Waals surface area contributed by atoms with Gasteiger partial charge < -0.3 is 19.7 Å². The number of methoxy groups -OCH3 is 1. The van der Waals surface area contributed by atoms with Gasteiger partial charge in [-0.15, -0.1) is 0 Å². The molecule has 1 heterocycles. The largest absolute Gasteiger partial charge is 0.497 e. The molecule has 0 saturated carbocycles. The Labute approximate surface area is 130 Å². The zero-order chi connectivity index (χ0) is 15.9. The van der Waals surface area contributed by atoms with E-state index in [4.69, 9.17) is 9.47 Å². The Kier molecular flexibility index (Phi) is 5.77. The van der Waals surface area contributed by atoms with Crippen LogP contribution in [-0.2, 0) is 11.3 Å². The fourth-order valence-corrected chi connectivity index (χ4v) is 2.22. The molecule has 0 aliphatic carbocycles. The lowest BCUT2D eigenvalue weighted by Gasteiger charge is -2.30. The molecule has 120 valence electrons. The minimum Gasteiger partial charge on any atom is -0.497 e. The molecule has 6 heteroatoms. The standard InChI is InChI=1S/C16H22FN3O2/c1-4-20(5-2)15-14(17)10-18-16(19-15)22-11-12-7-6-8-13(9-12)21-3/h6-10,16,19H,4-5,11H2,1-3H3/t16-/m1/s1. The summed E-state index contributed by atoms with van der Waals surface area (Å²) < 4.78 is 24.7. The van der Waals surface area contributed by atoms with E-state index in [0.29, 0.717) is 25.5 Å². The van der Waals surface area contributed by atoms with Crippen LogP contribution in [0.15, 0.2) is 40.9 Å². The SMILES string of the molecule is CCN(CC)C1=C(F)C=N[C@@H](OCc2cccc(OC)c2)N1. The van der Waals surface area contributed by atoms with E-state index >= 15 is 0 Å². The van der Waals surface area contributed by atoms with E-state index < -0.39 is 6.35 Å². The van der Waals surface area contributed by atoms with Gasteiger partial charge in [-0.05, 0) is 31.5 Å². The van der Waals surface area contributed by atoms with Gasteiger partial charge in [-0.1, -0.05) is 12.1 Å². The molecular weight excluding hydrogens is 285 g/mol. The first-order valence-electron chi connectivity index (χ1n) is 7.36. The average Bonchev–Trinajstić information content (AvgIpc) is 2.56. The van der Waals surface area contributed by atoms with E-state index in [9.17, 15) is 4.39 Å². The molecule has 1 aliphatic heterocycles. The van der Waals surface area contributed by atoms with Crippen molar-refractivity contribution in [2.24, 2.45) is 4.99 Å². The summed E-state index contributed by atoms with van der Waals surface area (Å²) in [6.45, 7) is 5.73. The first-order chi connectivity index (χ1) is 10.7. The van der Waals surface area contributed by atoms with Crippen molar-refractivity contribution in [3.63, 3.8) is 0 Å². The van der Waals surface area contributed by atoms with Crippen molar-refractivity contribution in [3.8, 4) is 5.75 Å². The summed E-state index contributed by atoms with van der Waals surface area (Å²) in [5.41, 5.74) is 0.968. The molecule has 1 aliphatic rings. The van der Waals surface area contributed by atoms with Crippen LogP contribution in [0, 0.1) is 0 Å². The number of halogens is 1. The van der Waals surface area contributed by atoms with E-state index in [1.807, 2.05) is 43.0 Å². The molecule has 0 saturated heterocycles. The fourth-order valence-electron chi connectivity index (χ4n) is 2.22. The molecular formula is C16H22FN3O2. The molecule has 1 atom stereocenters. The highest BCUT2D eigenvalue weighted by Crippen LogP contribution is 2.17. The van der Waals surface area contributed by atoms with Gasteiger partial charge in [0.15, 0.2) is 5.83 Å². The number of rotatable bonds is 7. The van der Waals surface area contributed by atoms with Crippen molar-refractivity contribution in [3.05, 3.63) is 41.5 Å². The Morgan fingerprint density at radius 3 is 2.77 bits per heavy atom. The number of hydrogen-bond donors (Lipinski definition) is 1. The summed E-state index contributed by atoms with van der Waals surface area (Å²) in [5, 5.41) is 2.98. The van der Waals surface area contributed by atoms with Crippen LogP contribution in [-0.4, -0.2) is 37.7 Å². The molecule has 0 unspecified atom stereocenters. The molecule has 22 heavy (non-hydrogen) atoms. The number of nitrogens with one attached hydrogen (secondary N) is 1. The van der Waals surface area contributed by atoms with Gasteiger partial charge in [0.2, 0.25) is 6.35 Å². The lowest BCUT2D eigenvalue weighted by atomic mass is 10.2. The number of nitrogens with zero attached hydrogens (tertiary/aromatic N) is 2. The predicted molar refractivity (Wildman–Crippen MR) is 84.3 cm³/mol. The van der Waals surface area contributed by atoms with Gasteiger partial charge in [0, 0.05) is 13.1 Å². The van der Waals surface area contributed by atoms with Crippen molar-refractivity contribution < 1.29 is 13.9 Å². The van der Waals surface area contributed by atoms with Gasteiger partial charge in [0.1, 0.15) is 11.6 Å². The quantitative estimate of drug-likeness (QED) is 0.841. The van der Waals surface area contributed by atoms with Crippen LogP contribution in [0.4, 0.5) is 4.39 Å². The van der Waals surface area contributed by atoms with Crippen LogP contribution in [0.25, 0.3) is 0 Å². The Morgan fingerprint density at radius 2 is 2.09 bits per heavy atom. The lowest BCUT2D eigenvalue weighted by molar-refractivity contribution is 0.0224. The van der Waals surface area contributed by atoms with Crippen molar-refractivity contribution in [1.82, 2.24) is 10.2 Å². The highest BCUT2D eigenvalue weighted by Gasteiger charge is 2.20. The molecule has 0 fully saturated rings. The van der Waals surface area contributed by atoms with Crippen LogP contribution < -0.4 is 10.1 Å². The van der Waals surface area contributed by atoms with Crippen LogP contribution in [0.3, 0.4) is 0 Å². The molecule has 1 N–H and O–H groups in total. The van der Waals surface area contributed by atoms with Crippen molar-refractivity contribution in [2.75, 3.05) is 20.2 Å². The van der Waals surface area contributed by atoms with Gasteiger partial charge in [-0.25, -0.2) is 9.38 Å². The molecule has 5 nitrogen and oxygen atoms in total. The molecule has 0 spiro atoms. The van der Waals surface area contributed by atoms with Gasteiger partial charge in [-0.2, -0.15) is 0 Å². The third kappa shape index (κ3) is 3.98. The number of aliphatic imine (C=N–C) groups is 1. The molecule has 1 aromatic rings. The number of allylic oxidation sites excluding steroid dienone is 1. The first-order valence-corrected chi connectivity index (χ1v) is 7.36. The molecule has 0 aromatic heterocycles. The third-order valence-electron chi connectivity index (χ3n) is 3.43. The molecule has 0 amide bonds. The molecule has 1 aromatic carbocycles. The molecule has 0 radical (unpaired) electrons. The number of hydrogen-bond acceptors (Lipinski definition) is 5. The van der Waals surface area contributed by atoms with Gasteiger partial charge >= 0.3 is 0 Å². The van der Waals surface area contributed by atoms with Crippen LogP contribution in [0.5, 0.6) is 5.75 Å². The number of benzene rings is 1. The topological polar surface area (TPSA) is 46.1 Å². The number of ether oxygens (including phenoxy) is 2. The second-order valence-corrected chi connectivity index (χ2v) is 4.81. The van der Waals surface area contributed by atoms with Gasteiger partial charge in [0.25, 0.3) is 0 Å². The second-order valence-electron chi connectivity index (χ2n) is 4.81. The van der Waals surface area contributed by atoms with Crippen LogP contribution in [0.1, 0.15) is 19.4 Å². The van der Waals surface area contributed by atoms with Crippen LogP contribution >= 0.6 is 0 Å². The Morgan fingerprint density at radius 1 is 1.32 bits per heavy atom. The Bertz CT molecular complexity index is 556. The van der Waals surface area contributed by atoms with Crippen molar-refractivity contribution in [2.45, 2.75) is 26.8 Å². The predicted octanol–water partition coefficient (Wildman–Crippen LogP) is 2.65. The fraction of sp³-hybridized carbons (Fsp3) is 0.438. The van der Waals surface area contributed by atoms with E-state index in [-0.39, 0.29) is 5.83 Å². The zero-order valence-corrected chi connectivity index (χ0v) is 13.2. The molecule has 0 bridgehead atoms. The maximum absolute atomic E-state index is 13.9. The van der Waals surface area contributed by atoms with Crippen LogP contribution in [0.2, 0.25) is 0 Å². The summed E-state index contributed by atoms with van der Waals surface area (Å²) in [6, 6.07) is 7.61. The summed E-state index contributed by atoms with van der Waals surface area (Å²) in [6.07, 6.45) is 0.613. The Hall–Kier alpha value is -2.08. The summed E-state index contributed by atoms with van der Waals surface area (Å²) >= 11 is 0. The molecule has 2 rings (SSSR count). The van der Waals surface area contributed by atoms with E-state index in [1.54, 1.807) is 7.11 Å². The van der Waals surface area contributed by atoms with Gasteiger partial charge in [-0.3, -0.25) is 0 Å². The van der Waals surface area contributed by atoms with Crippen molar-refractivity contribution in [1.29, 1.82) is 0 Å². The smallest absolute Gasteiger partial charge is 0.227 e. The maximum Gasteiger partial charge on any atom is 0.227 e. The summed E-state index contributed by atoms with van der Waals surface area (Å²) in [4.78, 5) is 5.91. The van der Waals surface area contributed by atoms with E-state index in [0.717, 1.165) is 11.3 Å². The summed E-state index contributed by atoms with van der Waals surface area (Å²) in [5.74, 6) is 0.830. The third-order valence-corrected chi connectivity index (χ3v) is 3.43. The zero-order valence-electron chi connectivity index (χ0n) is 13.2. The van der Waals surface area contributed by atoms with Crippen molar-refractivity contribution >= 4 is 6.21 Å². The normalized spacial score (nSPS) is 17.4. The highest BCUT2D eigenvalue weighted by molar-refractivity contribution is 5.77. The Balaban J connectivity index is 1.96. The first kappa shape index (κ1) is 16.3. The van der Waals surface area contributed by atoms with E-state index in [1.165, 1.54) is 6.21 Å². The van der Waals surface area contributed by atoms with Gasteiger partial charge in [0.05, 0.1) is 19.9 Å². The maximum atomic E-state index is 13.9. The average molecular weight is 307 g/mol. The monoisotopic (exact) mass is 307 g/mol. The van der Waals surface area contributed by atoms with E-state index in [2.05, 4.69) is 10.3 Å². The minimum absolute atomic E-state index is 0.360. The minimum atomic E-state index is -0.596.